The SMILES string of the molecule is COc1ccc(OC)c(NC2CCc3cccnc32)c1. The van der Waals surface area contributed by atoms with Crippen LogP contribution in [0.2, 0.25) is 0 Å². The average molecular weight is 270 g/mol. The van der Waals surface area contributed by atoms with Crippen LogP contribution in [0.4, 0.5) is 5.69 Å². The van der Waals surface area contributed by atoms with Gasteiger partial charge in [0.1, 0.15) is 11.5 Å². The number of pyridine rings is 1. The fourth-order valence-electron chi connectivity index (χ4n) is 2.67. The number of fused-ring (bicyclic) bond motifs is 1. The van der Waals surface area contributed by atoms with Crippen molar-refractivity contribution in [3.05, 3.63) is 47.8 Å². The van der Waals surface area contributed by atoms with Crippen LogP contribution in [0, 0.1) is 0 Å². The molecule has 1 aliphatic rings. The highest BCUT2D eigenvalue weighted by molar-refractivity contribution is 5.61. The molecule has 1 heterocycles. The first kappa shape index (κ1) is 12.8. The number of nitrogens with one attached hydrogen (secondary N) is 1. The van der Waals surface area contributed by atoms with E-state index in [0.29, 0.717) is 0 Å². The molecular weight excluding hydrogens is 252 g/mol. The molecule has 1 aromatic heterocycles. The maximum atomic E-state index is 5.40. The second kappa shape index (κ2) is 5.41. The molecule has 0 spiro atoms. The summed E-state index contributed by atoms with van der Waals surface area (Å²) < 4.78 is 10.7. The second-order valence-corrected chi connectivity index (χ2v) is 4.85. The van der Waals surface area contributed by atoms with Crippen LogP contribution >= 0.6 is 0 Å². The maximum Gasteiger partial charge on any atom is 0.142 e. The summed E-state index contributed by atoms with van der Waals surface area (Å²) in [6.07, 6.45) is 3.96. The number of rotatable bonds is 4. The van der Waals surface area contributed by atoms with Gasteiger partial charge in [-0.2, -0.15) is 0 Å². The van der Waals surface area contributed by atoms with Crippen LogP contribution in [0.3, 0.4) is 0 Å². The summed E-state index contributed by atoms with van der Waals surface area (Å²) in [6, 6.07) is 10.1. The van der Waals surface area contributed by atoms with Crippen LogP contribution in [0.15, 0.2) is 36.5 Å². The minimum absolute atomic E-state index is 0.229. The summed E-state index contributed by atoms with van der Waals surface area (Å²) in [5, 5.41) is 3.52. The van der Waals surface area contributed by atoms with Gasteiger partial charge in [0, 0.05) is 12.3 Å². The first-order valence-corrected chi connectivity index (χ1v) is 6.74. The Hall–Kier alpha value is -2.23. The molecule has 4 heteroatoms. The maximum absolute atomic E-state index is 5.40. The molecule has 1 N–H and O–H groups in total. The van der Waals surface area contributed by atoms with Crippen LogP contribution in [0.1, 0.15) is 23.7 Å². The first-order chi connectivity index (χ1) is 9.81. The molecule has 1 aliphatic carbocycles. The summed E-state index contributed by atoms with van der Waals surface area (Å²) in [4.78, 5) is 4.50. The minimum Gasteiger partial charge on any atom is -0.497 e. The van der Waals surface area contributed by atoms with E-state index in [4.69, 9.17) is 9.47 Å². The molecular formula is C16H18N2O2. The normalized spacial score (nSPS) is 16.6. The molecule has 2 aromatic rings. The number of nitrogens with zero attached hydrogens (tertiary/aromatic N) is 1. The van der Waals surface area contributed by atoms with Gasteiger partial charge in [0.15, 0.2) is 0 Å². The van der Waals surface area contributed by atoms with Crippen LogP contribution in [-0.4, -0.2) is 19.2 Å². The van der Waals surface area contributed by atoms with Gasteiger partial charge < -0.3 is 14.8 Å². The monoisotopic (exact) mass is 270 g/mol. The van der Waals surface area contributed by atoms with Gasteiger partial charge >= 0.3 is 0 Å². The number of hydrogen-bond acceptors (Lipinski definition) is 4. The molecule has 0 amide bonds. The predicted octanol–water partition coefficient (Wildman–Crippen LogP) is 3.20. The third-order valence-electron chi connectivity index (χ3n) is 3.69. The van der Waals surface area contributed by atoms with Crippen LogP contribution in [-0.2, 0) is 6.42 Å². The molecule has 0 bridgehead atoms. The molecule has 4 nitrogen and oxygen atoms in total. The Kier molecular flexibility index (Phi) is 3.46. The molecule has 0 saturated heterocycles. The van der Waals surface area contributed by atoms with Gasteiger partial charge in [-0.25, -0.2) is 0 Å². The number of ether oxygens (including phenoxy) is 2. The van der Waals surface area contributed by atoms with E-state index in [9.17, 15) is 0 Å². The lowest BCUT2D eigenvalue weighted by atomic mass is 10.2. The lowest BCUT2D eigenvalue weighted by Crippen LogP contribution is -2.09. The molecule has 1 aromatic carbocycles. The largest absolute Gasteiger partial charge is 0.497 e. The van der Waals surface area contributed by atoms with Gasteiger partial charge in [0.25, 0.3) is 0 Å². The lowest BCUT2D eigenvalue weighted by molar-refractivity contribution is 0.404. The van der Waals surface area contributed by atoms with Crippen molar-refractivity contribution < 1.29 is 9.47 Å². The molecule has 0 radical (unpaired) electrons. The molecule has 3 rings (SSSR count). The molecule has 0 aliphatic heterocycles. The fourth-order valence-corrected chi connectivity index (χ4v) is 2.67. The van der Waals surface area contributed by atoms with Crippen molar-refractivity contribution in [2.24, 2.45) is 0 Å². The summed E-state index contributed by atoms with van der Waals surface area (Å²) in [5.41, 5.74) is 3.40. The molecule has 1 unspecified atom stereocenters. The summed E-state index contributed by atoms with van der Waals surface area (Å²) in [7, 11) is 3.34. The van der Waals surface area contributed by atoms with Crippen molar-refractivity contribution in [1.29, 1.82) is 0 Å². The highest BCUT2D eigenvalue weighted by atomic mass is 16.5. The van der Waals surface area contributed by atoms with Crippen molar-refractivity contribution in [3.8, 4) is 11.5 Å². The van der Waals surface area contributed by atoms with Crippen LogP contribution in [0.25, 0.3) is 0 Å². The Bertz CT molecular complexity index is 613. The number of benzene rings is 1. The zero-order chi connectivity index (χ0) is 13.9. The van der Waals surface area contributed by atoms with Gasteiger partial charge in [0.2, 0.25) is 0 Å². The van der Waals surface area contributed by atoms with Crippen molar-refractivity contribution in [3.63, 3.8) is 0 Å². The number of anilines is 1. The van der Waals surface area contributed by atoms with E-state index in [1.165, 1.54) is 5.56 Å². The van der Waals surface area contributed by atoms with Crippen LogP contribution in [0.5, 0.6) is 11.5 Å². The van der Waals surface area contributed by atoms with E-state index in [2.05, 4.69) is 16.4 Å². The van der Waals surface area contributed by atoms with Gasteiger partial charge in [-0.3, -0.25) is 4.98 Å². The standard InChI is InChI=1S/C16H18N2O2/c1-19-12-6-8-15(20-2)14(10-12)18-13-7-5-11-4-3-9-17-16(11)13/h3-4,6,8-10,13,18H,5,7H2,1-2H3. The van der Waals surface area contributed by atoms with Crippen molar-refractivity contribution in [2.75, 3.05) is 19.5 Å². The number of hydrogen-bond donors (Lipinski definition) is 1. The topological polar surface area (TPSA) is 43.4 Å². The van der Waals surface area contributed by atoms with Crippen LogP contribution < -0.4 is 14.8 Å². The van der Waals surface area contributed by atoms with E-state index in [-0.39, 0.29) is 6.04 Å². The van der Waals surface area contributed by atoms with E-state index >= 15 is 0 Å². The van der Waals surface area contributed by atoms with Crippen molar-refractivity contribution in [2.45, 2.75) is 18.9 Å². The van der Waals surface area contributed by atoms with Gasteiger partial charge in [-0.05, 0) is 36.6 Å². The highest BCUT2D eigenvalue weighted by Crippen LogP contribution is 2.36. The summed E-state index contributed by atoms with van der Waals surface area (Å²) >= 11 is 0. The number of aryl methyl sites for hydroxylation is 1. The van der Waals surface area contributed by atoms with E-state index < -0.39 is 0 Å². The third-order valence-corrected chi connectivity index (χ3v) is 3.69. The third kappa shape index (κ3) is 2.29. The van der Waals surface area contributed by atoms with Gasteiger partial charge in [-0.15, -0.1) is 0 Å². The molecule has 1 atom stereocenters. The predicted molar refractivity (Wildman–Crippen MR) is 78.5 cm³/mol. The summed E-state index contributed by atoms with van der Waals surface area (Å²) in [5.74, 6) is 1.63. The van der Waals surface area contributed by atoms with E-state index in [0.717, 1.165) is 35.7 Å². The molecule has 0 saturated carbocycles. The number of methoxy groups -OCH3 is 2. The van der Waals surface area contributed by atoms with Crippen molar-refractivity contribution in [1.82, 2.24) is 4.98 Å². The fraction of sp³-hybridized carbons (Fsp3) is 0.312. The second-order valence-electron chi connectivity index (χ2n) is 4.85. The highest BCUT2D eigenvalue weighted by Gasteiger charge is 2.24. The Morgan fingerprint density at radius 2 is 2.10 bits per heavy atom. The Morgan fingerprint density at radius 3 is 2.90 bits per heavy atom. The molecule has 20 heavy (non-hydrogen) atoms. The summed E-state index contributed by atoms with van der Waals surface area (Å²) in [6.45, 7) is 0. The quantitative estimate of drug-likeness (QED) is 0.926. The Morgan fingerprint density at radius 1 is 1.20 bits per heavy atom. The minimum atomic E-state index is 0.229. The smallest absolute Gasteiger partial charge is 0.142 e. The zero-order valence-electron chi connectivity index (χ0n) is 11.7. The lowest BCUT2D eigenvalue weighted by Gasteiger charge is -2.17. The van der Waals surface area contributed by atoms with Gasteiger partial charge in [0.05, 0.1) is 31.6 Å². The van der Waals surface area contributed by atoms with Crippen molar-refractivity contribution >= 4 is 5.69 Å². The zero-order valence-corrected chi connectivity index (χ0v) is 11.7. The average Bonchev–Trinajstić information content (AvgIpc) is 2.90. The van der Waals surface area contributed by atoms with E-state index in [1.807, 2.05) is 30.5 Å². The first-order valence-electron chi connectivity index (χ1n) is 6.74. The Labute approximate surface area is 118 Å². The molecule has 0 fully saturated rings. The van der Waals surface area contributed by atoms with Gasteiger partial charge in [-0.1, -0.05) is 6.07 Å². The number of aromatic nitrogens is 1. The van der Waals surface area contributed by atoms with E-state index in [1.54, 1.807) is 14.2 Å². The Balaban J connectivity index is 1.88. The molecule has 104 valence electrons.